The zero-order valence-electron chi connectivity index (χ0n) is 15.9. The lowest BCUT2D eigenvalue weighted by Crippen LogP contribution is -2.40. The minimum atomic E-state index is -3.29. The van der Waals surface area contributed by atoms with Gasteiger partial charge in [-0.2, -0.15) is 0 Å². The third kappa shape index (κ3) is 5.56. The summed E-state index contributed by atoms with van der Waals surface area (Å²) in [6, 6.07) is 15.0. The molecule has 150 valence electrons. The molecular weight excluding hydrogens is 396 g/mol. The van der Waals surface area contributed by atoms with Gasteiger partial charge in [-0.25, -0.2) is 8.42 Å². The quantitative estimate of drug-likeness (QED) is 0.778. The first-order chi connectivity index (χ1) is 13.3. The Morgan fingerprint density at radius 2 is 1.82 bits per heavy atom. The van der Waals surface area contributed by atoms with Crippen LogP contribution in [0, 0.1) is 5.92 Å². The molecule has 28 heavy (non-hydrogen) atoms. The molecule has 3 rings (SSSR count). The van der Waals surface area contributed by atoms with Gasteiger partial charge in [0, 0.05) is 30.3 Å². The van der Waals surface area contributed by atoms with E-state index in [4.69, 9.17) is 11.6 Å². The van der Waals surface area contributed by atoms with Crippen molar-refractivity contribution < 1.29 is 13.2 Å². The van der Waals surface area contributed by atoms with Crippen LogP contribution in [0.2, 0.25) is 5.02 Å². The molecule has 0 aliphatic carbocycles. The fourth-order valence-corrected chi connectivity index (χ4v) is 4.38. The maximum Gasteiger partial charge on any atom is 0.223 e. The normalized spacial score (nSPS) is 16.1. The first-order valence-electron chi connectivity index (χ1n) is 9.35. The molecule has 1 saturated heterocycles. The maximum atomic E-state index is 12.5. The van der Waals surface area contributed by atoms with Gasteiger partial charge in [0.2, 0.25) is 5.91 Å². The summed E-state index contributed by atoms with van der Waals surface area (Å²) in [5, 5.41) is 3.29. The molecule has 1 amide bonds. The van der Waals surface area contributed by atoms with Gasteiger partial charge in [0.1, 0.15) is 0 Å². The zero-order chi connectivity index (χ0) is 20.1. The third-order valence-corrected chi connectivity index (χ3v) is 6.58. The number of sulfone groups is 1. The lowest BCUT2D eigenvalue weighted by atomic mass is 9.95. The second-order valence-electron chi connectivity index (χ2n) is 7.28. The Labute approximate surface area is 171 Å². The van der Waals surface area contributed by atoms with Crippen molar-refractivity contribution in [2.75, 3.05) is 19.3 Å². The molecule has 0 radical (unpaired) electrons. The number of nitrogens with zero attached hydrogens (tertiary/aromatic N) is 1. The standard InChI is InChI=1S/C21H25ClN2O3S/c1-28(26,27)19-8-7-18(20(22)13-19)14-23-21(25)17-9-11-24(12-10-17)15-16-5-3-2-4-6-16/h2-8,13,17H,9-12,14-15H2,1H3,(H,23,25). The van der Waals surface area contributed by atoms with Gasteiger partial charge in [0.25, 0.3) is 0 Å². The fraction of sp³-hybridized carbons (Fsp3) is 0.381. The molecule has 0 aromatic heterocycles. The van der Waals surface area contributed by atoms with Crippen LogP contribution in [0.15, 0.2) is 53.4 Å². The smallest absolute Gasteiger partial charge is 0.223 e. The van der Waals surface area contributed by atoms with Crippen LogP contribution < -0.4 is 5.32 Å². The van der Waals surface area contributed by atoms with Crippen LogP contribution in [0.1, 0.15) is 24.0 Å². The number of halogens is 1. The number of nitrogens with one attached hydrogen (secondary N) is 1. The van der Waals surface area contributed by atoms with Crippen LogP contribution in [0.3, 0.4) is 0 Å². The third-order valence-electron chi connectivity index (χ3n) is 5.11. The van der Waals surface area contributed by atoms with E-state index in [1.165, 1.54) is 17.7 Å². The number of hydrogen-bond donors (Lipinski definition) is 1. The Hall–Kier alpha value is -1.89. The summed E-state index contributed by atoms with van der Waals surface area (Å²) in [4.78, 5) is 15.1. The number of piperidine rings is 1. The highest BCUT2D eigenvalue weighted by atomic mass is 35.5. The van der Waals surface area contributed by atoms with Crippen LogP contribution in [-0.2, 0) is 27.7 Å². The number of carbonyl (C=O) groups excluding carboxylic acids is 1. The molecule has 0 bridgehead atoms. The predicted molar refractivity (Wildman–Crippen MR) is 111 cm³/mol. The Balaban J connectivity index is 1.48. The molecular formula is C21H25ClN2O3S. The highest BCUT2D eigenvalue weighted by molar-refractivity contribution is 7.90. The van der Waals surface area contributed by atoms with Crippen molar-refractivity contribution in [3.05, 3.63) is 64.7 Å². The minimum Gasteiger partial charge on any atom is -0.352 e. The van der Waals surface area contributed by atoms with Crippen molar-refractivity contribution in [1.82, 2.24) is 10.2 Å². The van der Waals surface area contributed by atoms with Gasteiger partial charge in [0.15, 0.2) is 9.84 Å². The summed E-state index contributed by atoms with van der Waals surface area (Å²) >= 11 is 6.18. The molecule has 2 aromatic rings. The molecule has 2 aromatic carbocycles. The zero-order valence-corrected chi connectivity index (χ0v) is 17.5. The van der Waals surface area contributed by atoms with Crippen molar-refractivity contribution >= 4 is 27.3 Å². The van der Waals surface area contributed by atoms with Gasteiger partial charge in [-0.1, -0.05) is 48.0 Å². The van der Waals surface area contributed by atoms with E-state index < -0.39 is 9.84 Å². The molecule has 1 N–H and O–H groups in total. The topological polar surface area (TPSA) is 66.5 Å². The summed E-state index contributed by atoms with van der Waals surface area (Å²) in [6.07, 6.45) is 2.81. The van der Waals surface area contributed by atoms with E-state index in [2.05, 4.69) is 22.3 Å². The maximum absolute atomic E-state index is 12.5. The van der Waals surface area contributed by atoms with E-state index in [0.29, 0.717) is 17.1 Å². The first-order valence-corrected chi connectivity index (χ1v) is 11.6. The Bertz CT molecular complexity index is 924. The Kier molecular flexibility index (Phi) is 6.75. The SMILES string of the molecule is CS(=O)(=O)c1ccc(CNC(=O)C2CCN(Cc3ccccc3)CC2)c(Cl)c1. The molecule has 1 heterocycles. The van der Waals surface area contributed by atoms with Crippen LogP contribution in [0.5, 0.6) is 0 Å². The van der Waals surface area contributed by atoms with Crippen LogP contribution >= 0.6 is 11.6 Å². The van der Waals surface area contributed by atoms with Gasteiger partial charge in [-0.05, 0) is 49.2 Å². The number of likely N-dealkylation sites (tertiary alicyclic amines) is 1. The van der Waals surface area contributed by atoms with Gasteiger partial charge in [-0.15, -0.1) is 0 Å². The van der Waals surface area contributed by atoms with Crippen molar-refractivity contribution in [1.29, 1.82) is 0 Å². The van der Waals surface area contributed by atoms with E-state index in [-0.39, 0.29) is 16.7 Å². The average molecular weight is 421 g/mol. The number of amides is 1. The highest BCUT2D eigenvalue weighted by Gasteiger charge is 2.25. The van der Waals surface area contributed by atoms with E-state index in [1.54, 1.807) is 6.07 Å². The van der Waals surface area contributed by atoms with Gasteiger partial charge in [-0.3, -0.25) is 9.69 Å². The predicted octanol–water partition coefficient (Wildman–Crippen LogP) is 3.27. The molecule has 7 heteroatoms. The van der Waals surface area contributed by atoms with Crippen molar-refractivity contribution in [2.45, 2.75) is 30.8 Å². The molecule has 1 aliphatic rings. The van der Waals surface area contributed by atoms with Crippen molar-refractivity contribution in [3.8, 4) is 0 Å². The molecule has 0 atom stereocenters. The van der Waals surface area contributed by atoms with Crippen LogP contribution in [0.4, 0.5) is 0 Å². The molecule has 0 saturated carbocycles. The van der Waals surface area contributed by atoms with Gasteiger partial charge in [0.05, 0.1) is 4.90 Å². The van der Waals surface area contributed by atoms with E-state index in [1.807, 2.05) is 18.2 Å². The molecule has 5 nitrogen and oxygen atoms in total. The monoisotopic (exact) mass is 420 g/mol. The number of benzene rings is 2. The summed E-state index contributed by atoms with van der Waals surface area (Å²) < 4.78 is 23.2. The second kappa shape index (κ2) is 9.07. The number of rotatable bonds is 6. The van der Waals surface area contributed by atoms with Crippen molar-refractivity contribution in [3.63, 3.8) is 0 Å². The summed E-state index contributed by atoms with van der Waals surface area (Å²) in [5.74, 6) is 0.0312. The van der Waals surface area contributed by atoms with Crippen LogP contribution in [-0.4, -0.2) is 38.6 Å². The van der Waals surface area contributed by atoms with Gasteiger partial charge < -0.3 is 5.32 Å². The summed E-state index contributed by atoms with van der Waals surface area (Å²) in [7, 11) is -3.29. The highest BCUT2D eigenvalue weighted by Crippen LogP contribution is 2.22. The second-order valence-corrected chi connectivity index (χ2v) is 9.70. The molecule has 1 aliphatic heterocycles. The fourth-order valence-electron chi connectivity index (χ4n) is 3.42. The van der Waals surface area contributed by atoms with E-state index >= 15 is 0 Å². The van der Waals surface area contributed by atoms with Crippen molar-refractivity contribution in [2.24, 2.45) is 5.92 Å². The summed E-state index contributed by atoms with van der Waals surface area (Å²) in [6.45, 7) is 3.01. The number of carbonyl (C=O) groups is 1. The minimum absolute atomic E-state index is 0.00101. The largest absolute Gasteiger partial charge is 0.352 e. The molecule has 1 fully saturated rings. The first kappa shape index (κ1) is 20.8. The van der Waals surface area contributed by atoms with Crippen LogP contribution in [0.25, 0.3) is 0 Å². The molecule has 0 unspecified atom stereocenters. The van der Waals surface area contributed by atoms with Gasteiger partial charge >= 0.3 is 0 Å². The number of hydrogen-bond acceptors (Lipinski definition) is 4. The Morgan fingerprint density at radius 3 is 2.43 bits per heavy atom. The average Bonchev–Trinajstić information content (AvgIpc) is 2.67. The Morgan fingerprint density at radius 1 is 1.14 bits per heavy atom. The van der Waals surface area contributed by atoms with E-state index in [0.717, 1.165) is 38.7 Å². The lowest BCUT2D eigenvalue weighted by Gasteiger charge is -2.31. The van der Waals surface area contributed by atoms with E-state index in [9.17, 15) is 13.2 Å². The lowest BCUT2D eigenvalue weighted by molar-refractivity contribution is -0.126. The molecule has 0 spiro atoms. The summed E-state index contributed by atoms with van der Waals surface area (Å²) in [5.41, 5.74) is 2.00.